The fourth-order valence-corrected chi connectivity index (χ4v) is 1.17. The molecule has 14 heavy (non-hydrogen) atoms. The Morgan fingerprint density at radius 3 is 2.36 bits per heavy atom. The van der Waals surface area contributed by atoms with E-state index in [1.165, 1.54) is 6.92 Å². The molecule has 0 aliphatic rings. The van der Waals surface area contributed by atoms with Crippen LogP contribution < -0.4 is 0 Å². The number of carbonyl (C=O) groups is 2. The van der Waals surface area contributed by atoms with Crippen molar-refractivity contribution in [1.82, 2.24) is 0 Å². The van der Waals surface area contributed by atoms with Crippen LogP contribution in [0.25, 0.3) is 0 Å². The van der Waals surface area contributed by atoms with E-state index in [2.05, 4.69) is 0 Å². The average molecular weight is 202 g/mol. The summed E-state index contributed by atoms with van der Waals surface area (Å²) in [6.07, 6.45) is 1.38. The molecule has 0 aromatic rings. The third kappa shape index (κ3) is 6.46. The van der Waals surface area contributed by atoms with E-state index in [0.29, 0.717) is 13.0 Å². The van der Waals surface area contributed by atoms with Crippen LogP contribution in [0.2, 0.25) is 0 Å². The van der Waals surface area contributed by atoms with E-state index in [4.69, 9.17) is 9.47 Å². The first-order valence-corrected chi connectivity index (χ1v) is 4.93. The zero-order chi connectivity index (χ0) is 11.0. The quantitative estimate of drug-likeness (QED) is 0.615. The zero-order valence-corrected chi connectivity index (χ0v) is 9.04. The number of carbonyl (C=O) groups excluding carboxylic acids is 2. The van der Waals surface area contributed by atoms with Gasteiger partial charge in [0.1, 0.15) is 6.10 Å². The van der Waals surface area contributed by atoms with Crippen LogP contribution >= 0.6 is 0 Å². The van der Waals surface area contributed by atoms with Crippen molar-refractivity contribution in [3.8, 4) is 0 Å². The molecule has 0 N–H and O–H groups in total. The van der Waals surface area contributed by atoms with Gasteiger partial charge in [0.2, 0.25) is 0 Å². The molecule has 4 nitrogen and oxygen atoms in total. The fraction of sp³-hybridized carbons (Fsp3) is 0.800. The summed E-state index contributed by atoms with van der Waals surface area (Å²) >= 11 is 0. The van der Waals surface area contributed by atoms with Crippen molar-refractivity contribution in [1.29, 1.82) is 0 Å². The summed E-state index contributed by atoms with van der Waals surface area (Å²) in [5, 5.41) is 0. The highest BCUT2D eigenvalue weighted by atomic mass is 16.6. The van der Waals surface area contributed by atoms with Gasteiger partial charge < -0.3 is 9.47 Å². The van der Waals surface area contributed by atoms with Crippen molar-refractivity contribution in [2.75, 3.05) is 6.61 Å². The highest BCUT2D eigenvalue weighted by molar-refractivity contribution is 5.71. The van der Waals surface area contributed by atoms with Crippen LogP contribution in [0.15, 0.2) is 0 Å². The molecule has 82 valence electrons. The van der Waals surface area contributed by atoms with Gasteiger partial charge in [-0.15, -0.1) is 0 Å². The van der Waals surface area contributed by atoms with Gasteiger partial charge in [0.15, 0.2) is 0 Å². The molecule has 0 spiro atoms. The van der Waals surface area contributed by atoms with Crippen LogP contribution in [0.1, 0.15) is 40.0 Å². The van der Waals surface area contributed by atoms with E-state index < -0.39 is 0 Å². The average Bonchev–Trinajstić information content (AvgIpc) is 2.03. The SMILES string of the molecule is CCC[C@H](CC(=O)OCC)OC(C)=O. The molecule has 0 saturated carbocycles. The molecule has 0 saturated heterocycles. The molecular weight excluding hydrogens is 184 g/mol. The van der Waals surface area contributed by atoms with Crippen molar-refractivity contribution < 1.29 is 19.1 Å². The number of rotatable bonds is 6. The molecule has 0 bridgehead atoms. The summed E-state index contributed by atoms with van der Waals surface area (Å²) in [5.74, 6) is -0.667. The maximum absolute atomic E-state index is 11.1. The monoisotopic (exact) mass is 202 g/mol. The smallest absolute Gasteiger partial charge is 0.309 e. The summed E-state index contributed by atoms with van der Waals surface area (Å²) < 4.78 is 9.74. The van der Waals surface area contributed by atoms with Gasteiger partial charge >= 0.3 is 11.9 Å². The lowest BCUT2D eigenvalue weighted by Crippen LogP contribution is -2.21. The Kier molecular flexibility index (Phi) is 6.80. The lowest BCUT2D eigenvalue weighted by molar-refractivity contribution is -0.153. The molecule has 0 heterocycles. The van der Waals surface area contributed by atoms with Gasteiger partial charge in [-0.1, -0.05) is 13.3 Å². The second-order valence-electron chi connectivity index (χ2n) is 3.03. The summed E-state index contributed by atoms with van der Waals surface area (Å²) in [6, 6.07) is 0. The molecular formula is C10H18O4. The topological polar surface area (TPSA) is 52.6 Å². The fourth-order valence-electron chi connectivity index (χ4n) is 1.17. The summed E-state index contributed by atoms with van der Waals surface area (Å²) in [4.78, 5) is 21.8. The van der Waals surface area contributed by atoms with E-state index in [-0.39, 0.29) is 24.5 Å². The number of hydrogen-bond donors (Lipinski definition) is 0. The second kappa shape index (κ2) is 7.35. The Morgan fingerprint density at radius 1 is 1.29 bits per heavy atom. The van der Waals surface area contributed by atoms with Crippen LogP contribution in [0, 0.1) is 0 Å². The lowest BCUT2D eigenvalue weighted by Gasteiger charge is -2.14. The molecule has 0 fully saturated rings. The number of hydrogen-bond acceptors (Lipinski definition) is 4. The van der Waals surface area contributed by atoms with Gasteiger partial charge in [0, 0.05) is 6.92 Å². The maximum atomic E-state index is 11.1. The third-order valence-corrected chi connectivity index (χ3v) is 1.64. The molecule has 0 aromatic carbocycles. The lowest BCUT2D eigenvalue weighted by atomic mass is 10.1. The Bertz CT molecular complexity index is 189. The number of ether oxygens (including phenoxy) is 2. The highest BCUT2D eigenvalue weighted by Crippen LogP contribution is 2.08. The largest absolute Gasteiger partial charge is 0.466 e. The molecule has 0 aromatic heterocycles. The van der Waals surface area contributed by atoms with E-state index in [1.54, 1.807) is 6.92 Å². The van der Waals surface area contributed by atoms with Crippen molar-refractivity contribution in [3.63, 3.8) is 0 Å². The predicted molar refractivity (Wildman–Crippen MR) is 51.7 cm³/mol. The molecule has 0 aliphatic carbocycles. The summed E-state index contributed by atoms with van der Waals surface area (Å²) in [7, 11) is 0. The third-order valence-electron chi connectivity index (χ3n) is 1.64. The first-order valence-electron chi connectivity index (χ1n) is 4.93. The molecule has 0 aliphatic heterocycles. The molecule has 0 amide bonds. The van der Waals surface area contributed by atoms with Crippen LogP contribution in [0.5, 0.6) is 0 Å². The van der Waals surface area contributed by atoms with Crippen LogP contribution in [0.4, 0.5) is 0 Å². The van der Waals surface area contributed by atoms with Gasteiger partial charge in [0.25, 0.3) is 0 Å². The summed E-state index contributed by atoms with van der Waals surface area (Å²) in [5.41, 5.74) is 0. The highest BCUT2D eigenvalue weighted by Gasteiger charge is 2.16. The number of esters is 2. The summed E-state index contributed by atoms with van der Waals surface area (Å²) in [6.45, 7) is 5.42. The Balaban J connectivity index is 3.94. The maximum Gasteiger partial charge on any atom is 0.309 e. The standard InChI is InChI=1S/C10H18O4/c1-4-6-9(14-8(3)11)7-10(12)13-5-2/h9H,4-7H2,1-3H3/t9-/m1/s1. The Morgan fingerprint density at radius 2 is 1.93 bits per heavy atom. The van der Waals surface area contributed by atoms with Gasteiger partial charge in [0.05, 0.1) is 13.0 Å². The van der Waals surface area contributed by atoms with E-state index in [1.807, 2.05) is 6.92 Å². The minimum atomic E-state index is -0.354. The van der Waals surface area contributed by atoms with Crippen molar-refractivity contribution >= 4 is 11.9 Å². The molecule has 4 heteroatoms. The van der Waals surface area contributed by atoms with Crippen LogP contribution in [0.3, 0.4) is 0 Å². The van der Waals surface area contributed by atoms with Crippen LogP contribution in [-0.2, 0) is 19.1 Å². The molecule has 0 rings (SSSR count). The van der Waals surface area contributed by atoms with E-state index in [9.17, 15) is 9.59 Å². The molecule has 1 atom stereocenters. The van der Waals surface area contributed by atoms with Gasteiger partial charge in [-0.05, 0) is 13.3 Å². The van der Waals surface area contributed by atoms with Gasteiger partial charge in [-0.3, -0.25) is 9.59 Å². The van der Waals surface area contributed by atoms with Crippen molar-refractivity contribution in [2.45, 2.75) is 46.1 Å². The Labute approximate surface area is 84.6 Å². The minimum absolute atomic E-state index is 0.154. The minimum Gasteiger partial charge on any atom is -0.466 e. The first-order chi connectivity index (χ1) is 6.60. The van der Waals surface area contributed by atoms with Crippen molar-refractivity contribution in [3.05, 3.63) is 0 Å². The van der Waals surface area contributed by atoms with E-state index in [0.717, 1.165) is 6.42 Å². The van der Waals surface area contributed by atoms with Gasteiger partial charge in [-0.25, -0.2) is 0 Å². The first kappa shape index (κ1) is 12.9. The van der Waals surface area contributed by atoms with Crippen molar-refractivity contribution in [2.24, 2.45) is 0 Å². The predicted octanol–water partition coefficient (Wildman–Crippen LogP) is 1.67. The Hall–Kier alpha value is -1.06. The molecule has 0 unspecified atom stereocenters. The normalized spacial score (nSPS) is 11.9. The molecule has 0 radical (unpaired) electrons. The van der Waals surface area contributed by atoms with Gasteiger partial charge in [-0.2, -0.15) is 0 Å². The zero-order valence-electron chi connectivity index (χ0n) is 9.04. The van der Waals surface area contributed by atoms with Crippen LogP contribution in [-0.4, -0.2) is 24.6 Å². The second-order valence-corrected chi connectivity index (χ2v) is 3.03. The van der Waals surface area contributed by atoms with E-state index >= 15 is 0 Å².